The van der Waals surface area contributed by atoms with Gasteiger partial charge in [0.15, 0.2) is 0 Å². The maximum atomic E-state index is 11.6. The standard InChI is InChI=1S/C14H18N2O2/c1-3-5-14(17)16-12-10-11(6-4-9-15)7-8-13(12)18-2/h7-8,10H,3,5,9,15H2,1-2H3,(H,16,17). The molecule has 1 amide bonds. The second-order valence-corrected chi connectivity index (χ2v) is 3.72. The molecule has 0 aliphatic rings. The second kappa shape index (κ2) is 7.36. The number of amides is 1. The zero-order valence-corrected chi connectivity index (χ0v) is 10.7. The lowest BCUT2D eigenvalue weighted by molar-refractivity contribution is -0.116. The molecule has 0 atom stereocenters. The Morgan fingerprint density at radius 1 is 1.50 bits per heavy atom. The van der Waals surface area contributed by atoms with Crippen LogP contribution in [0.4, 0.5) is 5.69 Å². The lowest BCUT2D eigenvalue weighted by Crippen LogP contribution is -2.11. The Morgan fingerprint density at radius 3 is 2.89 bits per heavy atom. The van der Waals surface area contributed by atoms with Crippen LogP contribution in [0.2, 0.25) is 0 Å². The van der Waals surface area contributed by atoms with Crippen molar-refractivity contribution in [3.8, 4) is 17.6 Å². The normalized spacial score (nSPS) is 9.28. The Kier molecular flexibility index (Phi) is 5.75. The van der Waals surface area contributed by atoms with Crippen molar-refractivity contribution in [2.75, 3.05) is 19.0 Å². The topological polar surface area (TPSA) is 64.4 Å². The maximum Gasteiger partial charge on any atom is 0.224 e. The van der Waals surface area contributed by atoms with Gasteiger partial charge in [0.25, 0.3) is 0 Å². The molecule has 4 nitrogen and oxygen atoms in total. The monoisotopic (exact) mass is 246 g/mol. The van der Waals surface area contributed by atoms with Gasteiger partial charge in [-0.2, -0.15) is 0 Å². The summed E-state index contributed by atoms with van der Waals surface area (Å²) >= 11 is 0. The van der Waals surface area contributed by atoms with Gasteiger partial charge in [-0.15, -0.1) is 0 Å². The van der Waals surface area contributed by atoms with E-state index in [-0.39, 0.29) is 5.91 Å². The first-order valence-electron chi connectivity index (χ1n) is 5.88. The summed E-state index contributed by atoms with van der Waals surface area (Å²) in [7, 11) is 1.57. The number of anilines is 1. The first-order chi connectivity index (χ1) is 8.71. The van der Waals surface area contributed by atoms with Crippen molar-refractivity contribution < 1.29 is 9.53 Å². The fourth-order valence-electron chi connectivity index (χ4n) is 1.48. The van der Waals surface area contributed by atoms with E-state index in [9.17, 15) is 4.79 Å². The minimum atomic E-state index is -0.0280. The molecule has 0 aromatic heterocycles. The molecular formula is C14H18N2O2. The molecule has 0 saturated carbocycles. The molecule has 96 valence electrons. The average Bonchev–Trinajstić information content (AvgIpc) is 2.37. The van der Waals surface area contributed by atoms with Crippen molar-refractivity contribution in [3.63, 3.8) is 0 Å². The molecule has 1 aromatic carbocycles. The van der Waals surface area contributed by atoms with Crippen molar-refractivity contribution in [2.45, 2.75) is 19.8 Å². The van der Waals surface area contributed by atoms with Gasteiger partial charge in [0, 0.05) is 12.0 Å². The van der Waals surface area contributed by atoms with Crippen LogP contribution in [0.15, 0.2) is 18.2 Å². The summed E-state index contributed by atoms with van der Waals surface area (Å²) in [5, 5.41) is 2.82. The highest BCUT2D eigenvalue weighted by Gasteiger charge is 2.07. The quantitative estimate of drug-likeness (QED) is 0.795. The van der Waals surface area contributed by atoms with Crippen LogP contribution < -0.4 is 15.8 Å². The molecule has 1 aromatic rings. The highest BCUT2D eigenvalue weighted by atomic mass is 16.5. The zero-order chi connectivity index (χ0) is 13.4. The average molecular weight is 246 g/mol. The number of carbonyl (C=O) groups is 1. The third-order valence-electron chi connectivity index (χ3n) is 2.29. The van der Waals surface area contributed by atoms with Gasteiger partial charge >= 0.3 is 0 Å². The van der Waals surface area contributed by atoms with Crippen LogP contribution >= 0.6 is 0 Å². The summed E-state index contributed by atoms with van der Waals surface area (Å²) in [6.45, 7) is 2.27. The number of nitrogens with two attached hydrogens (primary N) is 1. The predicted molar refractivity (Wildman–Crippen MR) is 72.5 cm³/mol. The number of hydrogen-bond acceptors (Lipinski definition) is 3. The van der Waals surface area contributed by atoms with Crippen molar-refractivity contribution in [1.82, 2.24) is 0 Å². The number of rotatable bonds is 4. The van der Waals surface area contributed by atoms with Crippen LogP contribution in [-0.4, -0.2) is 19.6 Å². The molecule has 0 fully saturated rings. The molecule has 0 bridgehead atoms. The van der Waals surface area contributed by atoms with E-state index in [4.69, 9.17) is 10.5 Å². The summed E-state index contributed by atoms with van der Waals surface area (Å²) in [5.74, 6) is 6.29. The summed E-state index contributed by atoms with van der Waals surface area (Å²) in [4.78, 5) is 11.6. The Bertz CT molecular complexity index is 472. The van der Waals surface area contributed by atoms with Crippen LogP contribution in [0, 0.1) is 11.8 Å². The Balaban J connectivity index is 2.95. The number of carbonyl (C=O) groups excluding carboxylic acids is 1. The van der Waals surface area contributed by atoms with Crippen LogP contribution in [0.1, 0.15) is 25.3 Å². The minimum absolute atomic E-state index is 0.0280. The minimum Gasteiger partial charge on any atom is -0.495 e. The molecule has 1 rings (SSSR count). The first kappa shape index (κ1) is 14.1. The van der Waals surface area contributed by atoms with Gasteiger partial charge in [0.2, 0.25) is 5.91 Å². The molecule has 0 radical (unpaired) electrons. The van der Waals surface area contributed by atoms with Gasteiger partial charge < -0.3 is 15.8 Å². The van der Waals surface area contributed by atoms with E-state index in [1.54, 1.807) is 19.2 Å². The Hall–Kier alpha value is -1.99. The van der Waals surface area contributed by atoms with Gasteiger partial charge in [-0.3, -0.25) is 4.79 Å². The Morgan fingerprint density at radius 2 is 2.28 bits per heavy atom. The molecule has 0 spiro atoms. The third kappa shape index (κ3) is 4.11. The SMILES string of the molecule is CCCC(=O)Nc1cc(C#CCN)ccc1OC. The molecule has 0 heterocycles. The lowest BCUT2D eigenvalue weighted by atomic mass is 10.2. The second-order valence-electron chi connectivity index (χ2n) is 3.72. The molecule has 0 saturated heterocycles. The van der Waals surface area contributed by atoms with Gasteiger partial charge in [-0.1, -0.05) is 18.8 Å². The van der Waals surface area contributed by atoms with E-state index in [1.165, 1.54) is 0 Å². The number of benzene rings is 1. The summed E-state index contributed by atoms with van der Waals surface area (Å²) < 4.78 is 5.20. The number of methoxy groups -OCH3 is 1. The van der Waals surface area contributed by atoms with E-state index in [1.807, 2.05) is 13.0 Å². The first-order valence-corrected chi connectivity index (χ1v) is 5.88. The molecule has 0 aliphatic heterocycles. The number of ether oxygens (including phenoxy) is 1. The largest absolute Gasteiger partial charge is 0.495 e. The summed E-state index contributed by atoms with van der Waals surface area (Å²) in [6.07, 6.45) is 1.29. The summed E-state index contributed by atoms with van der Waals surface area (Å²) in [6, 6.07) is 5.40. The fourth-order valence-corrected chi connectivity index (χ4v) is 1.48. The van der Waals surface area contributed by atoms with Gasteiger partial charge in [-0.05, 0) is 24.6 Å². The molecule has 0 aliphatic carbocycles. The maximum absolute atomic E-state index is 11.6. The predicted octanol–water partition coefficient (Wildman–Crippen LogP) is 1.74. The highest BCUT2D eigenvalue weighted by molar-refractivity contribution is 5.92. The van der Waals surface area contributed by atoms with E-state index in [0.29, 0.717) is 24.4 Å². The van der Waals surface area contributed by atoms with Crippen molar-refractivity contribution in [1.29, 1.82) is 0 Å². The van der Waals surface area contributed by atoms with Crippen LogP contribution in [-0.2, 0) is 4.79 Å². The molecule has 3 N–H and O–H groups in total. The van der Waals surface area contributed by atoms with E-state index >= 15 is 0 Å². The lowest BCUT2D eigenvalue weighted by Gasteiger charge is -2.10. The number of nitrogens with one attached hydrogen (secondary N) is 1. The fraction of sp³-hybridized carbons (Fsp3) is 0.357. The van der Waals surface area contributed by atoms with Crippen molar-refractivity contribution in [3.05, 3.63) is 23.8 Å². The highest BCUT2D eigenvalue weighted by Crippen LogP contribution is 2.25. The number of hydrogen-bond donors (Lipinski definition) is 2. The van der Waals surface area contributed by atoms with Crippen LogP contribution in [0.3, 0.4) is 0 Å². The van der Waals surface area contributed by atoms with E-state index in [0.717, 1.165) is 12.0 Å². The molecular weight excluding hydrogens is 228 g/mol. The Labute approximate surface area is 108 Å². The van der Waals surface area contributed by atoms with Crippen molar-refractivity contribution >= 4 is 11.6 Å². The van der Waals surface area contributed by atoms with Gasteiger partial charge in [0.1, 0.15) is 5.75 Å². The molecule has 0 unspecified atom stereocenters. The van der Waals surface area contributed by atoms with Crippen LogP contribution in [0.25, 0.3) is 0 Å². The summed E-state index contributed by atoms with van der Waals surface area (Å²) in [5.41, 5.74) is 6.76. The third-order valence-corrected chi connectivity index (χ3v) is 2.29. The smallest absolute Gasteiger partial charge is 0.224 e. The van der Waals surface area contributed by atoms with Crippen LogP contribution in [0.5, 0.6) is 5.75 Å². The van der Waals surface area contributed by atoms with Crippen molar-refractivity contribution in [2.24, 2.45) is 5.73 Å². The zero-order valence-electron chi connectivity index (χ0n) is 10.7. The molecule has 4 heteroatoms. The van der Waals surface area contributed by atoms with E-state index in [2.05, 4.69) is 17.2 Å². The molecule has 18 heavy (non-hydrogen) atoms. The van der Waals surface area contributed by atoms with Gasteiger partial charge in [-0.25, -0.2) is 0 Å². The van der Waals surface area contributed by atoms with E-state index < -0.39 is 0 Å². The van der Waals surface area contributed by atoms with Gasteiger partial charge in [0.05, 0.1) is 19.3 Å².